The molecule has 0 unspecified atom stereocenters. The van der Waals surface area contributed by atoms with Gasteiger partial charge in [-0.3, -0.25) is 4.79 Å². The highest BCUT2D eigenvalue weighted by molar-refractivity contribution is 5.48. The minimum Gasteiger partial charge on any atom is -0.481 e. The van der Waals surface area contributed by atoms with Crippen LogP contribution in [0.1, 0.15) is 25.8 Å². The van der Waals surface area contributed by atoms with Crippen LogP contribution >= 0.6 is 0 Å². The lowest BCUT2D eigenvalue weighted by molar-refractivity contribution is -0.119. The van der Waals surface area contributed by atoms with E-state index in [-0.39, 0.29) is 5.41 Å². The summed E-state index contributed by atoms with van der Waals surface area (Å²) in [7, 11) is 1.59. The molecular formula is C17H20N2O2. The van der Waals surface area contributed by atoms with Crippen molar-refractivity contribution in [1.29, 1.82) is 0 Å². The van der Waals surface area contributed by atoms with Crippen LogP contribution in [0.4, 0.5) is 0 Å². The van der Waals surface area contributed by atoms with Gasteiger partial charge in [0.05, 0.1) is 7.11 Å². The second-order valence-corrected chi connectivity index (χ2v) is 5.74. The number of hydrogen-bond donors (Lipinski definition) is 0. The SMILES string of the molecule is COc1ccc(C#C/C=C2\CCN(C=O)CC2(C)C)cn1. The first-order valence-electron chi connectivity index (χ1n) is 6.95. The van der Waals surface area contributed by atoms with Crippen LogP contribution in [0.2, 0.25) is 0 Å². The van der Waals surface area contributed by atoms with Crippen molar-refractivity contribution in [2.75, 3.05) is 20.2 Å². The highest BCUT2D eigenvalue weighted by Gasteiger charge is 2.29. The van der Waals surface area contributed by atoms with Crippen molar-refractivity contribution in [3.05, 3.63) is 35.5 Å². The highest BCUT2D eigenvalue weighted by Crippen LogP contribution is 2.33. The first-order valence-corrected chi connectivity index (χ1v) is 6.95. The number of ether oxygens (including phenoxy) is 1. The fraction of sp³-hybridized carbons (Fsp3) is 0.412. The number of allylic oxidation sites excluding steroid dienone is 1. The predicted octanol–water partition coefficient (Wildman–Crippen LogP) is 2.26. The summed E-state index contributed by atoms with van der Waals surface area (Å²) in [6, 6.07) is 3.68. The number of aromatic nitrogens is 1. The third-order valence-electron chi connectivity index (χ3n) is 3.69. The Bertz CT molecular complexity index is 591. The number of carbonyl (C=O) groups excluding carboxylic acids is 1. The van der Waals surface area contributed by atoms with Gasteiger partial charge in [-0.15, -0.1) is 0 Å². The van der Waals surface area contributed by atoms with Gasteiger partial charge in [0, 0.05) is 36.3 Å². The quantitative estimate of drug-likeness (QED) is 0.618. The minimum absolute atomic E-state index is 0.0218. The lowest BCUT2D eigenvalue weighted by atomic mass is 9.79. The Morgan fingerprint density at radius 1 is 1.43 bits per heavy atom. The van der Waals surface area contributed by atoms with E-state index in [0.717, 1.165) is 31.5 Å². The van der Waals surface area contributed by atoms with E-state index in [1.807, 2.05) is 17.0 Å². The van der Waals surface area contributed by atoms with Crippen molar-refractivity contribution in [2.24, 2.45) is 5.41 Å². The Morgan fingerprint density at radius 2 is 2.24 bits per heavy atom. The molecule has 4 heteroatoms. The van der Waals surface area contributed by atoms with Gasteiger partial charge in [0.25, 0.3) is 0 Å². The monoisotopic (exact) mass is 284 g/mol. The van der Waals surface area contributed by atoms with Gasteiger partial charge in [0.2, 0.25) is 12.3 Å². The lowest BCUT2D eigenvalue weighted by Gasteiger charge is -2.38. The Hall–Kier alpha value is -2.28. The third kappa shape index (κ3) is 3.85. The molecule has 1 amide bonds. The molecule has 1 aliphatic rings. The summed E-state index contributed by atoms with van der Waals surface area (Å²) >= 11 is 0. The zero-order chi connectivity index (χ0) is 15.3. The largest absolute Gasteiger partial charge is 0.481 e. The number of amides is 1. The summed E-state index contributed by atoms with van der Waals surface area (Å²) in [4.78, 5) is 16.8. The second kappa shape index (κ2) is 6.45. The smallest absolute Gasteiger partial charge is 0.212 e. The number of hydrogen-bond acceptors (Lipinski definition) is 3. The first kappa shape index (κ1) is 15.1. The van der Waals surface area contributed by atoms with Crippen molar-refractivity contribution < 1.29 is 9.53 Å². The second-order valence-electron chi connectivity index (χ2n) is 5.74. The van der Waals surface area contributed by atoms with E-state index in [9.17, 15) is 4.79 Å². The van der Waals surface area contributed by atoms with Crippen LogP contribution < -0.4 is 4.74 Å². The van der Waals surface area contributed by atoms with Gasteiger partial charge < -0.3 is 9.64 Å². The topological polar surface area (TPSA) is 42.4 Å². The molecule has 2 rings (SSSR count). The van der Waals surface area contributed by atoms with E-state index in [0.29, 0.717) is 5.88 Å². The average Bonchev–Trinajstić information content (AvgIpc) is 2.49. The molecule has 0 spiro atoms. The zero-order valence-electron chi connectivity index (χ0n) is 12.7. The lowest BCUT2D eigenvalue weighted by Crippen LogP contribution is -2.40. The van der Waals surface area contributed by atoms with Gasteiger partial charge in [0.15, 0.2) is 0 Å². The number of methoxy groups -OCH3 is 1. The van der Waals surface area contributed by atoms with Crippen LogP contribution in [0, 0.1) is 17.3 Å². The summed E-state index contributed by atoms with van der Waals surface area (Å²) in [6.45, 7) is 5.80. The van der Waals surface area contributed by atoms with Crippen LogP contribution in [0.3, 0.4) is 0 Å². The molecular weight excluding hydrogens is 264 g/mol. The molecule has 4 nitrogen and oxygen atoms in total. The first-order chi connectivity index (χ1) is 10.0. The van der Waals surface area contributed by atoms with Crippen molar-refractivity contribution in [1.82, 2.24) is 9.88 Å². The Labute approximate surface area is 125 Å². The number of piperidine rings is 1. The number of rotatable bonds is 2. The maximum absolute atomic E-state index is 10.9. The summed E-state index contributed by atoms with van der Waals surface area (Å²) in [5.41, 5.74) is 2.12. The Kier molecular flexibility index (Phi) is 4.64. The molecule has 0 aromatic carbocycles. The zero-order valence-corrected chi connectivity index (χ0v) is 12.7. The predicted molar refractivity (Wildman–Crippen MR) is 81.8 cm³/mol. The van der Waals surface area contributed by atoms with E-state index in [1.54, 1.807) is 19.4 Å². The molecule has 0 N–H and O–H groups in total. The highest BCUT2D eigenvalue weighted by atomic mass is 16.5. The van der Waals surface area contributed by atoms with Crippen LogP contribution in [0.15, 0.2) is 30.0 Å². The van der Waals surface area contributed by atoms with Crippen molar-refractivity contribution in [3.63, 3.8) is 0 Å². The fourth-order valence-electron chi connectivity index (χ4n) is 2.43. The maximum atomic E-state index is 10.9. The van der Waals surface area contributed by atoms with E-state index in [4.69, 9.17) is 4.74 Å². The van der Waals surface area contributed by atoms with Gasteiger partial charge >= 0.3 is 0 Å². The van der Waals surface area contributed by atoms with E-state index in [2.05, 4.69) is 30.7 Å². The molecule has 1 aromatic heterocycles. The van der Waals surface area contributed by atoms with Gasteiger partial charge in [-0.2, -0.15) is 0 Å². The van der Waals surface area contributed by atoms with Gasteiger partial charge in [0.1, 0.15) is 0 Å². The number of likely N-dealkylation sites (tertiary alicyclic amines) is 1. The number of nitrogens with zero attached hydrogens (tertiary/aromatic N) is 2. The molecule has 110 valence electrons. The summed E-state index contributed by atoms with van der Waals surface area (Å²) < 4.78 is 5.01. The van der Waals surface area contributed by atoms with Crippen LogP contribution in [0.5, 0.6) is 5.88 Å². The van der Waals surface area contributed by atoms with E-state index in [1.165, 1.54) is 5.57 Å². The summed E-state index contributed by atoms with van der Waals surface area (Å²) in [5.74, 6) is 6.76. The van der Waals surface area contributed by atoms with Crippen LogP contribution in [0.25, 0.3) is 0 Å². The summed E-state index contributed by atoms with van der Waals surface area (Å²) in [6.07, 6.45) is 5.48. The average molecular weight is 284 g/mol. The molecule has 1 aromatic rings. The molecule has 0 saturated carbocycles. The molecule has 21 heavy (non-hydrogen) atoms. The maximum Gasteiger partial charge on any atom is 0.212 e. The standard InChI is InChI=1S/C17H20N2O2/c1-17(2)12-19(13-20)10-9-15(17)6-4-5-14-7-8-16(21-3)18-11-14/h6-8,11,13H,9-10,12H2,1-3H3/b15-6+. The molecule has 0 aliphatic carbocycles. The summed E-state index contributed by atoms with van der Waals surface area (Å²) in [5, 5.41) is 0. The molecule has 0 bridgehead atoms. The number of carbonyl (C=O) groups is 1. The van der Waals surface area contributed by atoms with Gasteiger partial charge in [-0.1, -0.05) is 31.3 Å². The molecule has 1 saturated heterocycles. The van der Waals surface area contributed by atoms with Crippen LogP contribution in [-0.4, -0.2) is 36.5 Å². The molecule has 1 fully saturated rings. The van der Waals surface area contributed by atoms with Crippen molar-refractivity contribution in [3.8, 4) is 17.7 Å². The Balaban J connectivity index is 2.10. The van der Waals surface area contributed by atoms with E-state index >= 15 is 0 Å². The van der Waals surface area contributed by atoms with Crippen LogP contribution in [-0.2, 0) is 4.79 Å². The van der Waals surface area contributed by atoms with E-state index < -0.39 is 0 Å². The molecule has 0 radical (unpaired) electrons. The van der Waals surface area contributed by atoms with Gasteiger partial charge in [-0.25, -0.2) is 4.98 Å². The van der Waals surface area contributed by atoms with Crippen molar-refractivity contribution >= 4 is 6.41 Å². The Morgan fingerprint density at radius 3 is 2.81 bits per heavy atom. The normalized spacial score (nSPS) is 18.8. The van der Waals surface area contributed by atoms with Gasteiger partial charge in [-0.05, 0) is 18.6 Å². The number of pyridine rings is 1. The third-order valence-corrected chi connectivity index (χ3v) is 3.69. The molecule has 1 aliphatic heterocycles. The molecule has 0 atom stereocenters. The fourth-order valence-corrected chi connectivity index (χ4v) is 2.43. The minimum atomic E-state index is -0.0218. The molecule has 2 heterocycles. The van der Waals surface area contributed by atoms with Crippen molar-refractivity contribution in [2.45, 2.75) is 20.3 Å².